The number of phosphoric acid groups is 3. The Bertz CT molecular complexity index is 1310. The number of azide groups is 1. The molecule has 7 N–H and O–H groups in total. The van der Waals surface area contributed by atoms with Gasteiger partial charge in [-0.05, 0) is 12.5 Å². The van der Waals surface area contributed by atoms with Gasteiger partial charge in [-0.15, -0.1) is 0 Å². The van der Waals surface area contributed by atoms with Gasteiger partial charge in [0.1, 0.15) is 17.3 Å². The van der Waals surface area contributed by atoms with Crippen molar-refractivity contribution in [1.82, 2.24) is 9.55 Å². The van der Waals surface area contributed by atoms with Crippen molar-refractivity contribution in [3.05, 3.63) is 43.5 Å². The van der Waals surface area contributed by atoms with Crippen LogP contribution in [0.25, 0.3) is 10.4 Å². The van der Waals surface area contributed by atoms with E-state index < -0.39 is 70.4 Å². The number of aromatic nitrogens is 2. The molecule has 0 aromatic carbocycles. The van der Waals surface area contributed by atoms with E-state index in [0.717, 1.165) is 19.2 Å². The molecule has 7 atom stereocenters. The largest absolute Gasteiger partial charge is 0.490 e. The molecule has 1 saturated carbocycles. The molecular formula is C11H16N5O15P3. The van der Waals surface area contributed by atoms with Crippen molar-refractivity contribution in [2.24, 2.45) is 5.11 Å². The molecule has 0 radical (unpaired) electrons. The lowest BCUT2D eigenvalue weighted by Crippen LogP contribution is -2.51. The van der Waals surface area contributed by atoms with Crippen LogP contribution in [0.15, 0.2) is 27.0 Å². The van der Waals surface area contributed by atoms with Gasteiger partial charge in [-0.1, -0.05) is 5.11 Å². The minimum atomic E-state index is -5.91. The van der Waals surface area contributed by atoms with Crippen LogP contribution < -0.4 is 11.2 Å². The second-order valence-corrected chi connectivity index (χ2v) is 11.6. The van der Waals surface area contributed by atoms with E-state index in [4.69, 9.17) is 20.1 Å². The molecule has 1 aliphatic carbocycles. The van der Waals surface area contributed by atoms with E-state index in [1.807, 2.05) is 4.98 Å². The van der Waals surface area contributed by atoms with Crippen molar-refractivity contribution in [3.8, 4) is 0 Å². The number of hydrogen-bond acceptors (Lipinski definition) is 12. The summed E-state index contributed by atoms with van der Waals surface area (Å²) in [6.07, 6.45) is -3.01. The molecule has 190 valence electrons. The summed E-state index contributed by atoms with van der Waals surface area (Å²) in [7, 11) is -17.4. The topological polar surface area (TPSA) is 313 Å². The van der Waals surface area contributed by atoms with Gasteiger partial charge >= 0.3 is 29.2 Å². The first-order valence-electron chi connectivity index (χ1n) is 8.59. The average molecular weight is 551 g/mol. The molecule has 2 fully saturated rings. The Morgan fingerprint density at radius 3 is 2.35 bits per heavy atom. The third-order valence-corrected chi connectivity index (χ3v) is 8.87. The number of fused-ring (bicyclic) bond motifs is 1. The number of H-pyrrole nitrogens is 1. The molecule has 1 saturated heterocycles. The smallest absolute Gasteiger partial charge is 0.382 e. The molecule has 3 rings (SSSR count). The van der Waals surface area contributed by atoms with Gasteiger partial charge in [-0.25, -0.2) is 18.5 Å². The van der Waals surface area contributed by atoms with Crippen molar-refractivity contribution in [3.63, 3.8) is 0 Å². The van der Waals surface area contributed by atoms with E-state index in [1.54, 1.807) is 0 Å². The summed E-state index contributed by atoms with van der Waals surface area (Å²) < 4.78 is 52.4. The van der Waals surface area contributed by atoms with Gasteiger partial charge in [0.2, 0.25) is 0 Å². The average Bonchev–Trinajstić information content (AvgIpc) is 3.05. The highest BCUT2D eigenvalue weighted by molar-refractivity contribution is 7.66. The van der Waals surface area contributed by atoms with Crippen molar-refractivity contribution in [2.45, 2.75) is 36.1 Å². The van der Waals surface area contributed by atoms with Crippen LogP contribution >= 0.6 is 23.5 Å². The minimum Gasteiger partial charge on any atom is -0.382 e. The van der Waals surface area contributed by atoms with Gasteiger partial charge in [0.15, 0.2) is 11.8 Å². The summed E-state index contributed by atoms with van der Waals surface area (Å²) in [6, 6.07) is 0.873. The maximum Gasteiger partial charge on any atom is 0.490 e. The fourth-order valence-corrected chi connectivity index (χ4v) is 6.96. The van der Waals surface area contributed by atoms with Crippen LogP contribution in [0.2, 0.25) is 0 Å². The van der Waals surface area contributed by atoms with Gasteiger partial charge in [-0.3, -0.25) is 18.9 Å². The first-order chi connectivity index (χ1) is 15.3. The zero-order valence-electron chi connectivity index (χ0n) is 16.5. The number of aliphatic hydroxyl groups is 2. The van der Waals surface area contributed by atoms with Crippen LogP contribution in [0.1, 0.15) is 13.2 Å². The van der Waals surface area contributed by atoms with Crippen molar-refractivity contribution in [1.29, 1.82) is 0 Å². The summed E-state index contributed by atoms with van der Waals surface area (Å²) >= 11 is 0. The number of nitrogens with one attached hydrogen (secondary N) is 1. The number of ether oxygens (including phenoxy) is 1. The van der Waals surface area contributed by atoms with Crippen LogP contribution in [-0.4, -0.2) is 68.8 Å². The Morgan fingerprint density at radius 1 is 1.21 bits per heavy atom. The summed E-state index contributed by atoms with van der Waals surface area (Å²) in [4.78, 5) is 63.9. The van der Waals surface area contributed by atoms with Crippen molar-refractivity contribution < 1.29 is 61.4 Å². The van der Waals surface area contributed by atoms with E-state index in [1.165, 1.54) is 0 Å². The monoisotopic (exact) mass is 551 g/mol. The maximum atomic E-state index is 12.2. The predicted octanol–water partition coefficient (Wildman–Crippen LogP) is -1.68. The molecule has 0 spiro atoms. The van der Waals surface area contributed by atoms with Crippen molar-refractivity contribution >= 4 is 23.5 Å². The summed E-state index contributed by atoms with van der Waals surface area (Å²) in [6.45, 7) is 0.0125. The highest BCUT2D eigenvalue weighted by Gasteiger charge is 2.93. The van der Waals surface area contributed by atoms with Gasteiger partial charge < -0.3 is 34.5 Å². The number of phosphoric ester groups is 1. The summed E-state index contributed by atoms with van der Waals surface area (Å²) in [5.74, 6) is 0. The first kappa shape index (κ1) is 26.9. The molecule has 1 aliphatic heterocycles. The Balaban J connectivity index is 1.96. The van der Waals surface area contributed by atoms with Gasteiger partial charge in [0.25, 0.3) is 5.56 Å². The normalized spacial score (nSPS) is 36.1. The summed E-state index contributed by atoms with van der Waals surface area (Å²) in [5, 5.41) is 25.3. The highest BCUT2D eigenvalue weighted by atomic mass is 31.3. The second-order valence-electron chi connectivity index (χ2n) is 7.26. The third-order valence-electron chi connectivity index (χ3n) is 5.07. The van der Waals surface area contributed by atoms with Crippen LogP contribution in [0.3, 0.4) is 0 Å². The molecule has 3 unspecified atom stereocenters. The molecule has 2 heterocycles. The lowest BCUT2D eigenvalue weighted by atomic mass is 9.94. The quantitative estimate of drug-likeness (QED) is 0.0780. The zero-order valence-corrected chi connectivity index (χ0v) is 19.2. The van der Waals surface area contributed by atoms with E-state index in [-0.39, 0.29) is 0 Å². The second kappa shape index (κ2) is 8.16. The Kier molecular flexibility index (Phi) is 6.45. The molecule has 0 bridgehead atoms. The Labute approximate surface area is 186 Å². The van der Waals surface area contributed by atoms with E-state index in [0.29, 0.717) is 4.57 Å². The van der Waals surface area contributed by atoms with Crippen LogP contribution in [0.5, 0.6) is 0 Å². The maximum absolute atomic E-state index is 12.2. The molecule has 1 aromatic heterocycles. The van der Waals surface area contributed by atoms with Crippen LogP contribution in [0, 0.1) is 0 Å². The highest BCUT2D eigenvalue weighted by Crippen LogP contribution is 2.74. The molecule has 23 heteroatoms. The number of hydrogen-bond donors (Lipinski definition) is 7. The first-order valence-corrected chi connectivity index (χ1v) is 13.1. The molecule has 34 heavy (non-hydrogen) atoms. The molecule has 2 aliphatic rings. The molecule has 1 aromatic rings. The van der Waals surface area contributed by atoms with Gasteiger partial charge in [0, 0.05) is 17.2 Å². The summed E-state index contributed by atoms with van der Waals surface area (Å²) in [5.41, 5.74) is -0.904. The zero-order chi connectivity index (χ0) is 26.0. The molecular weight excluding hydrogens is 535 g/mol. The van der Waals surface area contributed by atoms with Crippen LogP contribution in [-0.2, 0) is 31.6 Å². The number of nitrogens with zero attached hydrogens (tertiary/aromatic N) is 4. The predicted molar refractivity (Wildman–Crippen MR) is 102 cm³/mol. The van der Waals surface area contributed by atoms with E-state index in [9.17, 15) is 43.3 Å². The third kappa shape index (κ3) is 4.46. The Morgan fingerprint density at radius 2 is 1.82 bits per heavy atom. The van der Waals surface area contributed by atoms with Crippen LogP contribution in [0.4, 0.5) is 0 Å². The Hall–Kier alpha value is -1.72. The fourth-order valence-electron chi connectivity index (χ4n) is 3.72. The van der Waals surface area contributed by atoms with E-state index in [2.05, 4.69) is 23.2 Å². The van der Waals surface area contributed by atoms with Crippen molar-refractivity contribution in [2.75, 3.05) is 6.54 Å². The minimum absolute atomic E-state index is 0.644. The standard InChI is InChI=1S/C11H16N5O15P3/c1-9(19)7(16-3-2-5(17)14-8(16)18)28-10(4-13-15-12)6(11(9,10)20)29-33(24,25)31-34(26,27)30-32(21,22)23/h2-3,6-7,19-20H,4H2,1H3,(H,24,25)(H,26,27)(H,14,17,18)(H2,21,22,23)/t6?,7-,9+,10-,11-/m1/s1. The van der Waals surface area contributed by atoms with Gasteiger partial charge in [-0.2, -0.15) is 8.62 Å². The molecule has 20 nitrogen and oxygen atoms in total. The lowest BCUT2D eigenvalue weighted by molar-refractivity contribution is -0.164. The fraction of sp³-hybridized carbons (Fsp3) is 0.636. The lowest BCUT2D eigenvalue weighted by Gasteiger charge is -2.33. The number of aromatic amines is 1. The van der Waals surface area contributed by atoms with E-state index >= 15 is 0 Å². The van der Waals surface area contributed by atoms with Gasteiger partial charge in [0.05, 0.1) is 6.54 Å². The number of rotatable bonds is 9. The molecule has 0 amide bonds. The SMILES string of the molecule is C[C@]1(O)[C@H](n2ccc(=O)[nH]c2=O)O[C@]2(CN=[N+]=[N-])C(OP(=O)(O)OP(=O)(O)OP(=O)(O)O)[C@@]12O.